The van der Waals surface area contributed by atoms with Crippen LogP contribution in [0.4, 0.5) is 0 Å². The molecule has 0 amide bonds. The number of aryl methyl sites for hydroxylation is 1. The molecule has 1 aliphatic heterocycles. The molecule has 1 atom stereocenters. The van der Waals surface area contributed by atoms with E-state index in [0.717, 1.165) is 37.3 Å². The Balaban J connectivity index is 2.21. The minimum atomic E-state index is 0.155. The third-order valence-corrected chi connectivity index (χ3v) is 2.83. The van der Waals surface area contributed by atoms with Crippen molar-refractivity contribution in [3.05, 3.63) is 11.6 Å². The highest BCUT2D eigenvalue weighted by atomic mass is 16.3. The molecule has 0 saturated carbocycles. The molecule has 4 heteroatoms. The molecule has 1 N–H and O–H groups in total. The Kier molecular flexibility index (Phi) is 3.05. The van der Waals surface area contributed by atoms with Gasteiger partial charge in [0.05, 0.1) is 12.6 Å². The molecular formula is C11H19N3O. The van der Waals surface area contributed by atoms with Crippen LogP contribution in [0.1, 0.15) is 44.4 Å². The Morgan fingerprint density at radius 3 is 3.00 bits per heavy atom. The highest BCUT2D eigenvalue weighted by Gasteiger charge is 2.22. The first-order valence-electron chi connectivity index (χ1n) is 5.76. The zero-order chi connectivity index (χ0) is 10.8. The Morgan fingerprint density at radius 2 is 2.33 bits per heavy atom. The maximum absolute atomic E-state index is 9.24. The number of aliphatic hydroxyl groups excluding tert-OH is 1. The summed E-state index contributed by atoms with van der Waals surface area (Å²) in [6.07, 6.45) is 4.07. The fraction of sp³-hybridized carbons (Fsp3) is 0.818. The molecule has 1 aromatic heterocycles. The van der Waals surface area contributed by atoms with Crippen LogP contribution in [-0.2, 0) is 12.8 Å². The summed E-state index contributed by atoms with van der Waals surface area (Å²) in [5, 5.41) is 13.7. The Bertz CT molecular complexity index is 333. The number of nitrogens with zero attached hydrogens (tertiary/aromatic N) is 3. The van der Waals surface area contributed by atoms with E-state index in [2.05, 4.69) is 23.9 Å². The van der Waals surface area contributed by atoms with Gasteiger partial charge in [0.2, 0.25) is 0 Å². The van der Waals surface area contributed by atoms with Crippen LogP contribution in [0.3, 0.4) is 0 Å². The predicted molar refractivity (Wildman–Crippen MR) is 57.6 cm³/mol. The zero-order valence-corrected chi connectivity index (χ0v) is 9.48. The highest BCUT2D eigenvalue weighted by Crippen LogP contribution is 2.22. The van der Waals surface area contributed by atoms with E-state index in [9.17, 15) is 5.11 Å². The predicted octanol–water partition coefficient (Wildman–Crippen LogP) is 1.35. The molecule has 2 heterocycles. The molecule has 1 aromatic rings. The van der Waals surface area contributed by atoms with Crippen molar-refractivity contribution < 1.29 is 5.11 Å². The second-order valence-corrected chi connectivity index (χ2v) is 4.72. The van der Waals surface area contributed by atoms with Crippen molar-refractivity contribution in [1.29, 1.82) is 0 Å². The summed E-state index contributed by atoms with van der Waals surface area (Å²) in [7, 11) is 0. The largest absolute Gasteiger partial charge is 0.394 e. The van der Waals surface area contributed by atoms with Gasteiger partial charge in [-0.2, -0.15) is 5.10 Å². The number of hydrogen-bond donors (Lipinski definition) is 1. The van der Waals surface area contributed by atoms with Crippen molar-refractivity contribution in [2.45, 2.75) is 45.6 Å². The fourth-order valence-corrected chi connectivity index (χ4v) is 2.11. The highest BCUT2D eigenvalue weighted by molar-refractivity contribution is 4.99. The van der Waals surface area contributed by atoms with Gasteiger partial charge in [-0.15, -0.1) is 0 Å². The minimum absolute atomic E-state index is 0.155. The minimum Gasteiger partial charge on any atom is -0.394 e. The van der Waals surface area contributed by atoms with E-state index in [1.54, 1.807) is 0 Å². The standard InChI is InChI=1S/C11H19N3O/c1-8(2)6-10-12-11-5-3-4-9(7-15)14(11)13-10/h8-9,15H,3-7H2,1-2H3. The van der Waals surface area contributed by atoms with Gasteiger partial charge in [0.25, 0.3) is 0 Å². The normalized spacial score (nSPS) is 20.7. The first-order chi connectivity index (χ1) is 7.20. The molecule has 0 aliphatic carbocycles. The lowest BCUT2D eigenvalue weighted by Gasteiger charge is -2.20. The topological polar surface area (TPSA) is 50.9 Å². The number of aromatic nitrogens is 3. The van der Waals surface area contributed by atoms with Crippen molar-refractivity contribution in [3.8, 4) is 0 Å². The monoisotopic (exact) mass is 209 g/mol. The molecule has 0 fully saturated rings. The van der Waals surface area contributed by atoms with Gasteiger partial charge in [0.15, 0.2) is 5.82 Å². The Hall–Kier alpha value is -0.900. The van der Waals surface area contributed by atoms with E-state index in [4.69, 9.17) is 0 Å². The van der Waals surface area contributed by atoms with Crippen LogP contribution < -0.4 is 0 Å². The summed E-state index contributed by atoms with van der Waals surface area (Å²) in [5.41, 5.74) is 0. The maximum atomic E-state index is 9.24. The smallest absolute Gasteiger partial charge is 0.151 e. The molecule has 1 aliphatic rings. The second-order valence-electron chi connectivity index (χ2n) is 4.72. The second kappa shape index (κ2) is 4.31. The Morgan fingerprint density at radius 1 is 1.53 bits per heavy atom. The van der Waals surface area contributed by atoms with Crippen LogP contribution in [0.25, 0.3) is 0 Å². The number of aliphatic hydroxyl groups is 1. The summed E-state index contributed by atoms with van der Waals surface area (Å²) in [5.74, 6) is 2.57. The van der Waals surface area contributed by atoms with E-state index in [1.165, 1.54) is 0 Å². The average molecular weight is 209 g/mol. The lowest BCUT2D eigenvalue weighted by Crippen LogP contribution is -2.22. The van der Waals surface area contributed by atoms with Crippen LogP contribution in [-0.4, -0.2) is 26.5 Å². The van der Waals surface area contributed by atoms with Crippen molar-refractivity contribution >= 4 is 0 Å². The van der Waals surface area contributed by atoms with Crippen molar-refractivity contribution in [2.24, 2.45) is 5.92 Å². The van der Waals surface area contributed by atoms with Crippen LogP contribution >= 0.6 is 0 Å². The molecule has 0 saturated heterocycles. The van der Waals surface area contributed by atoms with Crippen LogP contribution in [0.5, 0.6) is 0 Å². The van der Waals surface area contributed by atoms with Gasteiger partial charge in [0, 0.05) is 12.8 Å². The van der Waals surface area contributed by atoms with Gasteiger partial charge < -0.3 is 5.11 Å². The molecule has 84 valence electrons. The SMILES string of the molecule is CC(C)Cc1nc2n(n1)C(CO)CCC2. The first-order valence-corrected chi connectivity index (χ1v) is 5.76. The molecule has 0 radical (unpaired) electrons. The average Bonchev–Trinajstić information content (AvgIpc) is 2.58. The van der Waals surface area contributed by atoms with Gasteiger partial charge in [-0.3, -0.25) is 0 Å². The van der Waals surface area contributed by atoms with Crippen LogP contribution in [0, 0.1) is 5.92 Å². The lowest BCUT2D eigenvalue weighted by atomic mass is 10.1. The maximum Gasteiger partial charge on any atom is 0.151 e. The molecule has 1 unspecified atom stereocenters. The zero-order valence-electron chi connectivity index (χ0n) is 9.48. The molecule has 4 nitrogen and oxygen atoms in total. The quantitative estimate of drug-likeness (QED) is 0.817. The molecule has 15 heavy (non-hydrogen) atoms. The van der Waals surface area contributed by atoms with E-state index in [1.807, 2.05) is 4.68 Å². The molecular weight excluding hydrogens is 190 g/mol. The number of rotatable bonds is 3. The molecule has 0 bridgehead atoms. The lowest BCUT2D eigenvalue weighted by molar-refractivity contribution is 0.194. The third kappa shape index (κ3) is 2.20. The van der Waals surface area contributed by atoms with E-state index >= 15 is 0 Å². The molecule has 0 aromatic carbocycles. The van der Waals surface area contributed by atoms with E-state index in [-0.39, 0.29) is 12.6 Å². The fourth-order valence-electron chi connectivity index (χ4n) is 2.11. The van der Waals surface area contributed by atoms with Crippen LogP contribution in [0.15, 0.2) is 0 Å². The van der Waals surface area contributed by atoms with Crippen molar-refractivity contribution in [1.82, 2.24) is 14.8 Å². The van der Waals surface area contributed by atoms with E-state index < -0.39 is 0 Å². The summed E-state index contributed by atoms with van der Waals surface area (Å²) in [6, 6.07) is 0.155. The first kappa shape index (κ1) is 10.6. The summed E-state index contributed by atoms with van der Waals surface area (Å²) in [6.45, 7) is 4.52. The van der Waals surface area contributed by atoms with Gasteiger partial charge in [0.1, 0.15) is 5.82 Å². The third-order valence-electron chi connectivity index (χ3n) is 2.83. The Labute approximate surface area is 90.3 Å². The van der Waals surface area contributed by atoms with Gasteiger partial charge in [-0.1, -0.05) is 13.8 Å². The number of fused-ring (bicyclic) bond motifs is 1. The summed E-state index contributed by atoms with van der Waals surface area (Å²) < 4.78 is 1.93. The van der Waals surface area contributed by atoms with Gasteiger partial charge >= 0.3 is 0 Å². The van der Waals surface area contributed by atoms with Gasteiger partial charge in [-0.25, -0.2) is 9.67 Å². The van der Waals surface area contributed by atoms with Crippen molar-refractivity contribution in [2.75, 3.05) is 6.61 Å². The summed E-state index contributed by atoms with van der Waals surface area (Å²) in [4.78, 5) is 4.53. The van der Waals surface area contributed by atoms with Crippen molar-refractivity contribution in [3.63, 3.8) is 0 Å². The number of hydrogen-bond acceptors (Lipinski definition) is 3. The summed E-state index contributed by atoms with van der Waals surface area (Å²) >= 11 is 0. The van der Waals surface area contributed by atoms with Crippen LogP contribution in [0.2, 0.25) is 0 Å². The van der Waals surface area contributed by atoms with Gasteiger partial charge in [-0.05, 0) is 18.8 Å². The van der Waals surface area contributed by atoms with E-state index in [0.29, 0.717) is 5.92 Å². The molecule has 2 rings (SSSR count). The molecule has 0 spiro atoms.